The van der Waals surface area contributed by atoms with Gasteiger partial charge in [-0.05, 0) is 79.6 Å². The van der Waals surface area contributed by atoms with Gasteiger partial charge >= 0.3 is 5.97 Å². The molecule has 1 atom stereocenters. The molecule has 3 aromatic carbocycles. The molecule has 0 saturated heterocycles. The molecule has 1 amide bonds. The Morgan fingerprint density at radius 1 is 0.923 bits per heavy atom. The lowest BCUT2D eigenvalue weighted by Gasteiger charge is -2.14. The molecule has 0 aliphatic rings. The molecule has 0 aliphatic heterocycles. The van der Waals surface area contributed by atoms with Gasteiger partial charge in [0.2, 0.25) is 0 Å². The zero-order valence-electron chi connectivity index (χ0n) is 22.1. The first kappa shape index (κ1) is 27.7. The first-order valence-corrected chi connectivity index (χ1v) is 12.7. The van der Waals surface area contributed by atoms with E-state index in [0.717, 1.165) is 11.3 Å². The molecule has 4 rings (SSSR count). The highest BCUT2D eigenvalue weighted by Gasteiger charge is 2.24. The molecule has 0 unspecified atom stereocenters. The van der Waals surface area contributed by atoms with Crippen LogP contribution in [0.1, 0.15) is 34.1 Å². The highest BCUT2D eigenvalue weighted by molar-refractivity contribution is 6.30. The summed E-state index contributed by atoms with van der Waals surface area (Å²) in [6.07, 6.45) is -1.14. The van der Waals surface area contributed by atoms with Crippen LogP contribution in [0.5, 0.6) is 11.5 Å². The van der Waals surface area contributed by atoms with Crippen LogP contribution in [0.3, 0.4) is 0 Å². The average Bonchev–Trinajstić information content (AvgIpc) is 3.21. The van der Waals surface area contributed by atoms with Crippen molar-refractivity contribution in [2.75, 3.05) is 14.2 Å². The van der Waals surface area contributed by atoms with E-state index >= 15 is 0 Å². The molecule has 0 spiro atoms. The molecule has 0 saturated carbocycles. The number of rotatable bonds is 9. The van der Waals surface area contributed by atoms with Crippen molar-refractivity contribution >= 4 is 40.3 Å². The normalized spacial score (nSPS) is 11.6. The summed E-state index contributed by atoms with van der Waals surface area (Å²) in [5.74, 6) is 0.0325. The predicted molar refractivity (Wildman–Crippen MR) is 149 cm³/mol. The Balaban J connectivity index is 1.51. The van der Waals surface area contributed by atoms with Crippen LogP contribution < -0.4 is 14.8 Å². The maximum absolute atomic E-state index is 13.5. The topological polar surface area (TPSA) is 95.9 Å². The van der Waals surface area contributed by atoms with Crippen molar-refractivity contribution in [1.82, 2.24) is 9.88 Å². The number of carbonyl (C=O) groups excluding carboxylic acids is 3. The highest BCUT2D eigenvalue weighted by atomic mass is 35.5. The number of benzene rings is 3. The molecule has 0 aliphatic carbocycles. The number of nitrogens with zero attached hydrogens (tertiary/aromatic N) is 1. The maximum atomic E-state index is 13.5. The average molecular weight is 549 g/mol. The number of hydrogen-bond donors (Lipinski definition) is 1. The monoisotopic (exact) mass is 548 g/mol. The summed E-state index contributed by atoms with van der Waals surface area (Å²) in [5, 5.41) is 3.98. The van der Waals surface area contributed by atoms with E-state index in [0.29, 0.717) is 38.5 Å². The molecule has 9 heteroatoms. The molecular weight excluding hydrogens is 520 g/mol. The van der Waals surface area contributed by atoms with Crippen molar-refractivity contribution in [3.8, 4) is 11.5 Å². The molecule has 4 aromatic rings. The number of amides is 1. The SMILES string of the molecule is COc1ccc(CNC(=O)[C@@H](C)OC(=O)Cc2c(C)n(C(=O)c3ccc(Cl)cc3)c3ccc(OC)cc23)cc1. The minimum Gasteiger partial charge on any atom is -0.497 e. The van der Waals surface area contributed by atoms with Crippen molar-refractivity contribution in [2.24, 2.45) is 0 Å². The van der Waals surface area contributed by atoms with Crippen molar-refractivity contribution in [3.05, 3.63) is 94.1 Å². The van der Waals surface area contributed by atoms with Gasteiger partial charge in [-0.15, -0.1) is 0 Å². The largest absolute Gasteiger partial charge is 0.497 e. The van der Waals surface area contributed by atoms with Crippen molar-refractivity contribution in [3.63, 3.8) is 0 Å². The molecule has 8 nitrogen and oxygen atoms in total. The third-order valence-electron chi connectivity index (χ3n) is 6.46. The number of hydrogen-bond acceptors (Lipinski definition) is 6. The summed E-state index contributed by atoms with van der Waals surface area (Å²) in [7, 11) is 3.13. The second-order valence-corrected chi connectivity index (χ2v) is 9.41. The summed E-state index contributed by atoms with van der Waals surface area (Å²) in [6, 6.07) is 19.2. The summed E-state index contributed by atoms with van der Waals surface area (Å²) < 4.78 is 17.5. The number of aromatic nitrogens is 1. The molecule has 1 aromatic heterocycles. The lowest BCUT2D eigenvalue weighted by molar-refractivity contribution is -0.154. The number of methoxy groups -OCH3 is 2. The molecule has 0 radical (unpaired) electrons. The fourth-order valence-electron chi connectivity index (χ4n) is 4.31. The van der Waals surface area contributed by atoms with E-state index in [1.807, 2.05) is 12.1 Å². The highest BCUT2D eigenvalue weighted by Crippen LogP contribution is 2.31. The van der Waals surface area contributed by atoms with Gasteiger partial charge in [-0.25, -0.2) is 0 Å². The molecule has 1 heterocycles. The van der Waals surface area contributed by atoms with Gasteiger partial charge in [0.25, 0.3) is 11.8 Å². The van der Waals surface area contributed by atoms with Crippen LogP contribution in [0.25, 0.3) is 10.9 Å². The summed E-state index contributed by atoms with van der Waals surface area (Å²) in [5.41, 5.74) is 3.16. The van der Waals surface area contributed by atoms with Gasteiger partial charge in [0.15, 0.2) is 6.10 Å². The number of carbonyl (C=O) groups is 3. The van der Waals surface area contributed by atoms with Gasteiger partial charge < -0.3 is 19.5 Å². The number of ether oxygens (including phenoxy) is 3. The van der Waals surface area contributed by atoms with Gasteiger partial charge in [-0.3, -0.25) is 19.0 Å². The lowest BCUT2D eigenvalue weighted by atomic mass is 10.1. The van der Waals surface area contributed by atoms with Gasteiger partial charge in [0.05, 0.1) is 26.2 Å². The minimum atomic E-state index is -1.00. The second-order valence-electron chi connectivity index (χ2n) is 8.97. The third-order valence-corrected chi connectivity index (χ3v) is 6.71. The van der Waals surface area contributed by atoms with Crippen LogP contribution in [0.15, 0.2) is 66.7 Å². The van der Waals surface area contributed by atoms with Gasteiger partial charge in [0, 0.05) is 28.2 Å². The Bertz CT molecular complexity index is 1510. The van der Waals surface area contributed by atoms with E-state index in [9.17, 15) is 14.4 Å². The fourth-order valence-corrected chi connectivity index (χ4v) is 4.43. The Hall–Kier alpha value is -4.30. The molecule has 0 fully saturated rings. The Morgan fingerprint density at radius 3 is 2.21 bits per heavy atom. The number of esters is 1. The zero-order chi connectivity index (χ0) is 28.1. The number of halogens is 1. The molecular formula is C30H29ClN2O6. The predicted octanol–water partition coefficient (Wildman–Crippen LogP) is 5.10. The van der Waals surface area contributed by atoms with E-state index in [2.05, 4.69) is 5.32 Å². The molecule has 39 heavy (non-hydrogen) atoms. The fraction of sp³-hybridized carbons (Fsp3) is 0.233. The van der Waals surface area contributed by atoms with E-state index in [1.165, 1.54) is 6.92 Å². The summed E-state index contributed by atoms with van der Waals surface area (Å²) >= 11 is 5.99. The minimum absolute atomic E-state index is 0.132. The van der Waals surface area contributed by atoms with E-state index in [1.54, 1.807) is 80.3 Å². The van der Waals surface area contributed by atoms with Crippen LogP contribution in [-0.4, -0.2) is 42.7 Å². The smallest absolute Gasteiger partial charge is 0.311 e. The lowest BCUT2D eigenvalue weighted by Crippen LogP contribution is -2.35. The van der Waals surface area contributed by atoms with Crippen LogP contribution in [0.4, 0.5) is 0 Å². The van der Waals surface area contributed by atoms with Crippen LogP contribution >= 0.6 is 11.6 Å². The first-order chi connectivity index (χ1) is 18.7. The van der Waals surface area contributed by atoms with Crippen LogP contribution in [0.2, 0.25) is 5.02 Å². The van der Waals surface area contributed by atoms with Crippen LogP contribution in [0, 0.1) is 6.92 Å². The van der Waals surface area contributed by atoms with Crippen LogP contribution in [-0.2, 0) is 27.3 Å². The summed E-state index contributed by atoms with van der Waals surface area (Å²) in [4.78, 5) is 39.0. The first-order valence-electron chi connectivity index (χ1n) is 12.3. The summed E-state index contributed by atoms with van der Waals surface area (Å²) in [6.45, 7) is 3.57. The van der Waals surface area contributed by atoms with Crippen molar-refractivity contribution in [2.45, 2.75) is 32.9 Å². The van der Waals surface area contributed by atoms with Crippen molar-refractivity contribution in [1.29, 1.82) is 0 Å². The molecule has 1 N–H and O–H groups in total. The van der Waals surface area contributed by atoms with Crippen molar-refractivity contribution < 1.29 is 28.6 Å². The van der Waals surface area contributed by atoms with E-state index in [-0.39, 0.29) is 18.9 Å². The quantitative estimate of drug-likeness (QED) is 0.292. The number of nitrogens with one attached hydrogen (secondary N) is 1. The zero-order valence-corrected chi connectivity index (χ0v) is 22.9. The van der Waals surface area contributed by atoms with Gasteiger partial charge in [-0.1, -0.05) is 23.7 Å². The van der Waals surface area contributed by atoms with E-state index in [4.69, 9.17) is 25.8 Å². The standard InChI is InChI=1S/C30H29ClN2O6/c1-18-25(16-28(34)39-19(2)29(35)32-17-20-5-11-23(37-3)12-6-20)26-15-24(38-4)13-14-27(26)33(18)30(36)21-7-9-22(31)10-8-21/h5-15,19H,16-17H2,1-4H3,(H,32,35)/t19-/m1/s1. The third kappa shape index (κ3) is 6.23. The Labute approximate surface area is 231 Å². The molecule has 202 valence electrons. The Kier molecular flexibility index (Phi) is 8.56. The maximum Gasteiger partial charge on any atom is 0.311 e. The Morgan fingerprint density at radius 2 is 1.56 bits per heavy atom. The van der Waals surface area contributed by atoms with Gasteiger partial charge in [-0.2, -0.15) is 0 Å². The second kappa shape index (κ2) is 12.0. The van der Waals surface area contributed by atoms with Gasteiger partial charge in [0.1, 0.15) is 11.5 Å². The molecule has 0 bridgehead atoms. The number of fused-ring (bicyclic) bond motifs is 1. The van der Waals surface area contributed by atoms with E-state index < -0.39 is 18.0 Å².